The molecule has 0 heterocycles. The molecular weight excluding hydrogens is 360 g/mol. The van der Waals surface area contributed by atoms with Crippen LogP contribution in [-0.2, 0) is 14.8 Å². The number of sulfonamides is 1. The molecule has 0 saturated carbocycles. The molecule has 2 aromatic carbocycles. The van der Waals surface area contributed by atoms with Crippen LogP contribution in [-0.4, -0.2) is 26.6 Å². The third-order valence-electron chi connectivity index (χ3n) is 4.54. The average Bonchev–Trinajstić information content (AvgIpc) is 2.57. The van der Waals surface area contributed by atoms with E-state index in [9.17, 15) is 13.2 Å². The van der Waals surface area contributed by atoms with Gasteiger partial charge < -0.3 is 5.32 Å². The van der Waals surface area contributed by atoms with Crippen molar-refractivity contribution in [2.45, 2.75) is 46.6 Å². The Kier molecular flexibility index (Phi) is 6.31. The number of amides is 1. The summed E-state index contributed by atoms with van der Waals surface area (Å²) in [5.41, 5.74) is 4.07. The van der Waals surface area contributed by atoms with Gasteiger partial charge in [-0.05, 0) is 61.6 Å². The van der Waals surface area contributed by atoms with Gasteiger partial charge in [-0.3, -0.25) is 9.10 Å². The summed E-state index contributed by atoms with van der Waals surface area (Å²) in [6.07, 6.45) is 1.12. The second kappa shape index (κ2) is 8.13. The minimum absolute atomic E-state index is 0.376. The number of hydrogen-bond acceptors (Lipinski definition) is 3. The van der Waals surface area contributed by atoms with Crippen molar-refractivity contribution in [2.75, 3.05) is 15.9 Å². The first-order valence-electron chi connectivity index (χ1n) is 8.98. The van der Waals surface area contributed by atoms with Crippen LogP contribution < -0.4 is 9.62 Å². The van der Waals surface area contributed by atoms with Crippen LogP contribution in [0.25, 0.3) is 0 Å². The lowest BCUT2D eigenvalue weighted by Crippen LogP contribution is -2.45. The molecule has 1 amide bonds. The minimum Gasteiger partial charge on any atom is -0.324 e. The Hall–Kier alpha value is -2.34. The van der Waals surface area contributed by atoms with Crippen LogP contribution in [0, 0.1) is 13.8 Å². The van der Waals surface area contributed by atoms with Gasteiger partial charge in [0.05, 0.1) is 11.9 Å². The van der Waals surface area contributed by atoms with E-state index in [1.807, 2.05) is 50.2 Å². The fourth-order valence-corrected chi connectivity index (χ4v) is 4.16. The summed E-state index contributed by atoms with van der Waals surface area (Å²) >= 11 is 0. The lowest BCUT2D eigenvalue weighted by molar-refractivity contribution is -0.116. The number of anilines is 2. The summed E-state index contributed by atoms with van der Waals surface area (Å²) in [5.74, 6) is 0.0253. The standard InChI is InChI=1S/C21H28N2O3S/c1-14(2)18-9-11-19(12-10-18)22-21(24)17(5)23(27(6,25)26)20-13-15(3)7-8-16(20)4/h7-14,17H,1-6H3,(H,22,24)/t17-/m0/s1. The monoisotopic (exact) mass is 388 g/mol. The molecule has 2 rings (SSSR count). The maximum atomic E-state index is 12.8. The first-order valence-corrected chi connectivity index (χ1v) is 10.8. The number of aryl methyl sites for hydroxylation is 2. The lowest BCUT2D eigenvalue weighted by Gasteiger charge is -2.29. The zero-order valence-electron chi connectivity index (χ0n) is 16.8. The van der Waals surface area contributed by atoms with Crippen molar-refractivity contribution in [3.05, 3.63) is 59.2 Å². The maximum Gasteiger partial charge on any atom is 0.247 e. The number of carbonyl (C=O) groups excluding carboxylic acids is 1. The molecule has 1 N–H and O–H groups in total. The van der Waals surface area contributed by atoms with Gasteiger partial charge >= 0.3 is 0 Å². The summed E-state index contributed by atoms with van der Waals surface area (Å²) < 4.78 is 26.1. The van der Waals surface area contributed by atoms with Gasteiger partial charge in [0.2, 0.25) is 15.9 Å². The van der Waals surface area contributed by atoms with E-state index in [-0.39, 0.29) is 5.91 Å². The van der Waals surface area contributed by atoms with Crippen LogP contribution >= 0.6 is 0 Å². The van der Waals surface area contributed by atoms with E-state index >= 15 is 0 Å². The van der Waals surface area contributed by atoms with Gasteiger partial charge in [-0.1, -0.05) is 38.1 Å². The Morgan fingerprint density at radius 1 is 1.00 bits per heavy atom. The van der Waals surface area contributed by atoms with Crippen LogP contribution in [0.5, 0.6) is 0 Å². The number of benzene rings is 2. The minimum atomic E-state index is -3.64. The molecule has 27 heavy (non-hydrogen) atoms. The highest BCUT2D eigenvalue weighted by Gasteiger charge is 2.30. The molecule has 146 valence electrons. The molecule has 0 aliphatic carbocycles. The number of nitrogens with zero attached hydrogens (tertiary/aromatic N) is 1. The van der Waals surface area contributed by atoms with E-state index in [2.05, 4.69) is 19.2 Å². The quantitative estimate of drug-likeness (QED) is 0.806. The van der Waals surface area contributed by atoms with Crippen LogP contribution in [0.1, 0.15) is 43.4 Å². The molecule has 0 aliphatic heterocycles. The molecule has 0 fully saturated rings. The van der Waals surface area contributed by atoms with Crippen molar-refractivity contribution in [2.24, 2.45) is 0 Å². The predicted octanol–water partition coefficient (Wildman–Crippen LogP) is 4.22. The summed E-state index contributed by atoms with van der Waals surface area (Å²) in [6.45, 7) is 9.53. The predicted molar refractivity (Wildman–Crippen MR) is 112 cm³/mol. The molecule has 5 nitrogen and oxygen atoms in total. The number of rotatable bonds is 6. The van der Waals surface area contributed by atoms with Crippen LogP contribution in [0.4, 0.5) is 11.4 Å². The fraction of sp³-hybridized carbons (Fsp3) is 0.381. The zero-order chi connectivity index (χ0) is 20.4. The van der Waals surface area contributed by atoms with Gasteiger partial charge in [0.1, 0.15) is 6.04 Å². The second-order valence-electron chi connectivity index (χ2n) is 7.29. The largest absolute Gasteiger partial charge is 0.324 e. The molecule has 0 spiro atoms. The summed E-state index contributed by atoms with van der Waals surface area (Å²) in [6, 6.07) is 12.3. The van der Waals surface area contributed by atoms with Gasteiger partial charge in [0.15, 0.2) is 0 Å². The highest BCUT2D eigenvalue weighted by Crippen LogP contribution is 2.27. The van der Waals surface area contributed by atoms with Gasteiger partial charge in [0, 0.05) is 5.69 Å². The third-order valence-corrected chi connectivity index (χ3v) is 5.76. The maximum absolute atomic E-state index is 12.8. The topological polar surface area (TPSA) is 66.5 Å². The fourth-order valence-electron chi connectivity index (χ4n) is 2.94. The smallest absolute Gasteiger partial charge is 0.247 e. The van der Waals surface area contributed by atoms with Crippen molar-refractivity contribution in [1.82, 2.24) is 0 Å². The van der Waals surface area contributed by atoms with E-state index in [1.165, 1.54) is 9.87 Å². The normalized spacial score (nSPS) is 12.7. The summed E-state index contributed by atoms with van der Waals surface area (Å²) in [4.78, 5) is 12.8. The van der Waals surface area contributed by atoms with Crippen molar-refractivity contribution in [1.29, 1.82) is 0 Å². The van der Waals surface area contributed by atoms with Gasteiger partial charge in [-0.15, -0.1) is 0 Å². The molecule has 0 unspecified atom stereocenters. The molecule has 0 bridgehead atoms. The van der Waals surface area contributed by atoms with Crippen molar-refractivity contribution in [3.63, 3.8) is 0 Å². The lowest BCUT2D eigenvalue weighted by atomic mass is 10.0. The molecular formula is C21H28N2O3S. The summed E-state index contributed by atoms with van der Waals surface area (Å²) in [7, 11) is -3.64. The molecule has 0 aliphatic rings. The van der Waals surface area contributed by atoms with Crippen molar-refractivity contribution < 1.29 is 13.2 Å². The first kappa shape index (κ1) is 21.0. The van der Waals surface area contributed by atoms with Crippen LogP contribution in [0.3, 0.4) is 0 Å². The first-order chi connectivity index (χ1) is 12.5. The number of carbonyl (C=O) groups is 1. The number of nitrogens with one attached hydrogen (secondary N) is 1. The average molecular weight is 389 g/mol. The van der Waals surface area contributed by atoms with Gasteiger partial charge in [-0.25, -0.2) is 8.42 Å². The molecule has 6 heteroatoms. The Morgan fingerprint density at radius 3 is 2.11 bits per heavy atom. The highest BCUT2D eigenvalue weighted by atomic mass is 32.2. The number of hydrogen-bond donors (Lipinski definition) is 1. The molecule has 2 aromatic rings. The Labute approximate surface area is 162 Å². The molecule has 0 radical (unpaired) electrons. The highest BCUT2D eigenvalue weighted by molar-refractivity contribution is 7.92. The van der Waals surface area contributed by atoms with E-state index < -0.39 is 16.1 Å². The van der Waals surface area contributed by atoms with Crippen LogP contribution in [0.15, 0.2) is 42.5 Å². The van der Waals surface area contributed by atoms with Gasteiger partial charge in [-0.2, -0.15) is 0 Å². The molecule has 1 atom stereocenters. The Balaban J connectivity index is 2.31. The van der Waals surface area contributed by atoms with Crippen molar-refractivity contribution in [3.8, 4) is 0 Å². The van der Waals surface area contributed by atoms with E-state index in [1.54, 1.807) is 13.0 Å². The Bertz CT molecular complexity index is 919. The zero-order valence-corrected chi connectivity index (χ0v) is 17.6. The SMILES string of the molecule is Cc1ccc(C)c(N([C@@H](C)C(=O)Nc2ccc(C(C)C)cc2)S(C)(=O)=O)c1. The van der Waals surface area contributed by atoms with Crippen LogP contribution in [0.2, 0.25) is 0 Å². The van der Waals surface area contributed by atoms with E-state index in [4.69, 9.17) is 0 Å². The Morgan fingerprint density at radius 2 is 1.59 bits per heavy atom. The van der Waals surface area contributed by atoms with Crippen molar-refractivity contribution >= 4 is 27.3 Å². The molecule has 0 saturated heterocycles. The second-order valence-corrected chi connectivity index (χ2v) is 9.15. The van der Waals surface area contributed by atoms with E-state index in [0.717, 1.165) is 17.4 Å². The third kappa shape index (κ3) is 5.10. The van der Waals surface area contributed by atoms with Gasteiger partial charge in [0.25, 0.3) is 0 Å². The molecule has 0 aromatic heterocycles. The summed E-state index contributed by atoms with van der Waals surface area (Å²) in [5, 5.41) is 2.82. The van der Waals surface area contributed by atoms with E-state index in [0.29, 0.717) is 17.3 Å².